The molecule has 1 unspecified atom stereocenters. The van der Waals surface area contributed by atoms with E-state index in [2.05, 4.69) is 15.9 Å². The quantitative estimate of drug-likeness (QED) is 0.755. The van der Waals surface area contributed by atoms with E-state index in [1.807, 2.05) is 0 Å². The minimum atomic E-state index is -0.919. The summed E-state index contributed by atoms with van der Waals surface area (Å²) in [6, 6.07) is 2.57. The highest BCUT2D eigenvalue weighted by Crippen LogP contribution is 2.43. The molecule has 1 saturated heterocycles. The summed E-state index contributed by atoms with van der Waals surface area (Å²) in [5.74, 6) is -1.83. The molecule has 1 aliphatic carbocycles. The van der Waals surface area contributed by atoms with Gasteiger partial charge in [0.1, 0.15) is 6.10 Å². The second-order valence-electron chi connectivity index (χ2n) is 5.32. The van der Waals surface area contributed by atoms with Gasteiger partial charge in [0.2, 0.25) is 5.82 Å². The first-order valence-corrected chi connectivity index (χ1v) is 7.32. The molecule has 104 valence electrons. The minimum absolute atomic E-state index is 0.0201. The Morgan fingerprint density at radius 2 is 2.11 bits per heavy atom. The summed E-state index contributed by atoms with van der Waals surface area (Å²) < 4.78 is 38.9. The van der Waals surface area contributed by atoms with Crippen LogP contribution >= 0.6 is 15.9 Å². The SMILES string of the molecule is Fc1cc(Br)cc(OC2CCOC3(CCC3)C2)c1F. The van der Waals surface area contributed by atoms with Crippen molar-refractivity contribution in [3.8, 4) is 5.75 Å². The van der Waals surface area contributed by atoms with Gasteiger partial charge in [0.25, 0.3) is 0 Å². The smallest absolute Gasteiger partial charge is 0.200 e. The van der Waals surface area contributed by atoms with Crippen molar-refractivity contribution in [3.63, 3.8) is 0 Å². The molecule has 1 aromatic carbocycles. The normalized spacial score (nSPS) is 25.1. The molecule has 19 heavy (non-hydrogen) atoms. The molecule has 1 aromatic rings. The van der Waals surface area contributed by atoms with Gasteiger partial charge in [0.05, 0.1) is 12.2 Å². The number of hydrogen-bond acceptors (Lipinski definition) is 2. The number of halogens is 3. The maximum atomic E-state index is 13.7. The Labute approximate surface area is 119 Å². The summed E-state index contributed by atoms with van der Waals surface area (Å²) in [5, 5.41) is 0. The summed E-state index contributed by atoms with van der Waals surface area (Å²) in [5.41, 5.74) is -0.0655. The first-order valence-electron chi connectivity index (χ1n) is 6.53. The van der Waals surface area contributed by atoms with E-state index in [9.17, 15) is 8.78 Å². The van der Waals surface area contributed by atoms with Gasteiger partial charge < -0.3 is 9.47 Å². The largest absolute Gasteiger partial charge is 0.487 e. The Balaban J connectivity index is 1.74. The Kier molecular flexibility index (Phi) is 3.52. The molecule has 0 amide bonds. The van der Waals surface area contributed by atoms with Crippen molar-refractivity contribution in [3.05, 3.63) is 28.2 Å². The Hall–Kier alpha value is -0.680. The lowest BCUT2D eigenvalue weighted by atomic mass is 9.74. The van der Waals surface area contributed by atoms with Crippen molar-refractivity contribution in [1.82, 2.24) is 0 Å². The van der Waals surface area contributed by atoms with Crippen LogP contribution < -0.4 is 4.74 Å². The minimum Gasteiger partial charge on any atom is -0.487 e. The van der Waals surface area contributed by atoms with Crippen LogP contribution in [0.15, 0.2) is 16.6 Å². The van der Waals surface area contributed by atoms with Crippen LogP contribution in [0.1, 0.15) is 32.1 Å². The molecule has 0 bridgehead atoms. The van der Waals surface area contributed by atoms with Crippen LogP contribution in [0.4, 0.5) is 8.78 Å². The van der Waals surface area contributed by atoms with Gasteiger partial charge in [0, 0.05) is 17.3 Å². The first kappa shape index (κ1) is 13.3. The average molecular weight is 333 g/mol. The number of rotatable bonds is 2. The van der Waals surface area contributed by atoms with Crippen LogP contribution in [0.2, 0.25) is 0 Å². The molecule has 0 radical (unpaired) electrons. The summed E-state index contributed by atoms with van der Waals surface area (Å²) in [4.78, 5) is 0. The van der Waals surface area contributed by atoms with Gasteiger partial charge in [-0.15, -0.1) is 0 Å². The van der Waals surface area contributed by atoms with Gasteiger partial charge in [-0.05, 0) is 31.4 Å². The van der Waals surface area contributed by atoms with Gasteiger partial charge in [-0.25, -0.2) is 4.39 Å². The van der Waals surface area contributed by atoms with Gasteiger partial charge in [0.15, 0.2) is 11.6 Å². The molecule has 0 N–H and O–H groups in total. The fourth-order valence-corrected chi connectivity index (χ4v) is 3.21. The molecule has 3 rings (SSSR count). The summed E-state index contributed by atoms with van der Waals surface area (Å²) in [6.07, 6.45) is 4.64. The lowest BCUT2D eigenvalue weighted by molar-refractivity contribution is -0.153. The van der Waals surface area contributed by atoms with E-state index in [0.29, 0.717) is 11.1 Å². The molecule has 2 aliphatic rings. The maximum Gasteiger partial charge on any atom is 0.200 e. The van der Waals surface area contributed by atoms with Gasteiger partial charge in [-0.3, -0.25) is 0 Å². The van der Waals surface area contributed by atoms with E-state index in [1.54, 1.807) is 0 Å². The van der Waals surface area contributed by atoms with E-state index in [4.69, 9.17) is 9.47 Å². The number of ether oxygens (including phenoxy) is 2. The van der Waals surface area contributed by atoms with Crippen LogP contribution in [-0.2, 0) is 4.74 Å². The van der Waals surface area contributed by atoms with Gasteiger partial charge >= 0.3 is 0 Å². The van der Waals surface area contributed by atoms with Crippen LogP contribution in [0.25, 0.3) is 0 Å². The lowest BCUT2D eigenvalue weighted by Crippen LogP contribution is -2.48. The molecule has 1 atom stereocenters. The van der Waals surface area contributed by atoms with Crippen LogP contribution in [-0.4, -0.2) is 18.3 Å². The predicted octanol–water partition coefficient (Wildman–Crippen LogP) is 4.21. The molecule has 0 aromatic heterocycles. The second-order valence-corrected chi connectivity index (χ2v) is 6.23. The van der Waals surface area contributed by atoms with E-state index in [0.717, 1.165) is 31.7 Å². The molecule has 1 spiro atoms. The van der Waals surface area contributed by atoms with Crippen LogP contribution in [0.3, 0.4) is 0 Å². The van der Waals surface area contributed by atoms with Crippen molar-refractivity contribution in [2.75, 3.05) is 6.61 Å². The van der Waals surface area contributed by atoms with Crippen molar-refractivity contribution in [1.29, 1.82) is 0 Å². The predicted molar refractivity (Wildman–Crippen MR) is 70.2 cm³/mol. The Morgan fingerprint density at radius 3 is 2.79 bits per heavy atom. The molecule has 5 heteroatoms. The van der Waals surface area contributed by atoms with Crippen molar-refractivity contribution in [2.24, 2.45) is 0 Å². The topological polar surface area (TPSA) is 18.5 Å². The Bertz CT molecular complexity index is 489. The van der Waals surface area contributed by atoms with Gasteiger partial charge in [-0.1, -0.05) is 15.9 Å². The third-order valence-electron chi connectivity index (χ3n) is 3.97. The highest BCUT2D eigenvalue weighted by atomic mass is 79.9. The third-order valence-corrected chi connectivity index (χ3v) is 4.42. The maximum absolute atomic E-state index is 13.7. The lowest BCUT2D eigenvalue weighted by Gasteiger charge is -2.46. The summed E-state index contributed by atoms with van der Waals surface area (Å²) >= 11 is 3.15. The second kappa shape index (κ2) is 5.02. The number of benzene rings is 1. The summed E-state index contributed by atoms with van der Waals surface area (Å²) in [6.45, 7) is 0.628. The fraction of sp³-hybridized carbons (Fsp3) is 0.571. The zero-order chi connectivity index (χ0) is 13.5. The molecule has 1 saturated carbocycles. The molecular formula is C14H15BrF2O2. The third kappa shape index (κ3) is 2.63. The first-order chi connectivity index (χ1) is 9.08. The fourth-order valence-electron chi connectivity index (χ4n) is 2.80. The Morgan fingerprint density at radius 1 is 1.32 bits per heavy atom. The highest BCUT2D eigenvalue weighted by Gasteiger charge is 2.43. The van der Waals surface area contributed by atoms with Crippen molar-refractivity contribution in [2.45, 2.75) is 43.8 Å². The highest BCUT2D eigenvalue weighted by molar-refractivity contribution is 9.10. The summed E-state index contributed by atoms with van der Waals surface area (Å²) in [7, 11) is 0. The standard InChI is InChI=1S/C14H15BrF2O2/c15-9-6-11(16)13(17)12(7-9)19-10-2-5-18-14(8-10)3-1-4-14/h6-7,10H,1-5,8H2. The average Bonchev–Trinajstić information content (AvgIpc) is 2.34. The number of hydrogen-bond donors (Lipinski definition) is 0. The van der Waals surface area contributed by atoms with Crippen molar-refractivity contribution < 1.29 is 18.3 Å². The monoisotopic (exact) mass is 332 g/mol. The van der Waals surface area contributed by atoms with E-state index in [1.165, 1.54) is 12.5 Å². The van der Waals surface area contributed by atoms with E-state index >= 15 is 0 Å². The van der Waals surface area contributed by atoms with Crippen LogP contribution in [0.5, 0.6) is 5.75 Å². The molecular weight excluding hydrogens is 318 g/mol. The van der Waals surface area contributed by atoms with Crippen molar-refractivity contribution >= 4 is 15.9 Å². The van der Waals surface area contributed by atoms with Crippen LogP contribution in [0, 0.1) is 11.6 Å². The van der Waals surface area contributed by atoms with E-state index < -0.39 is 11.6 Å². The van der Waals surface area contributed by atoms with E-state index in [-0.39, 0.29) is 17.5 Å². The molecule has 2 nitrogen and oxygen atoms in total. The zero-order valence-corrected chi connectivity index (χ0v) is 12.0. The molecule has 2 fully saturated rings. The molecule has 1 heterocycles. The van der Waals surface area contributed by atoms with Gasteiger partial charge in [-0.2, -0.15) is 4.39 Å². The zero-order valence-electron chi connectivity index (χ0n) is 10.4. The molecule has 1 aliphatic heterocycles.